The zero-order chi connectivity index (χ0) is 20.3. The summed E-state index contributed by atoms with van der Waals surface area (Å²) in [6.07, 6.45) is 3.48. The molecule has 0 amide bonds. The summed E-state index contributed by atoms with van der Waals surface area (Å²) in [7, 11) is 1.90. The van der Waals surface area contributed by atoms with Crippen molar-refractivity contribution in [1.82, 2.24) is 4.90 Å². The van der Waals surface area contributed by atoms with Crippen LogP contribution >= 0.6 is 0 Å². The van der Waals surface area contributed by atoms with E-state index in [9.17, 15) is 24.6 Å². The van der Waals surface area contributed by atoms with Crippen LogP contribution in [0.1, 0.15) is 31.8 Å². The SMILES string of the molecule is CN1C/C(=C\c2ccc(C(=O)[O-])cc2)C(=O)/C(=C/c2ccc(C(=O)[O-])cc2)C1.[K+].[K+]. The molecule has 1 heterocycles. The van der Waals surface area contributed by atoms with Gasteiger partial charge in [0.05, 0.1) is 11.9 Å². The van der Waals surface area contributed by atoms with Crippen molar-refractivity contribution >= 4 is 29.9 Å². The van der Waals surface area contributed by atoms with Gasteiger partial charge in [0.1, 0.15) is 0 Å². The van der Waals surface area contributed by atoms with Gasteiger partial charge in [-0.05, 0) is 41.5 Å². The molecule has 8 heteroatoms. The van der Waals surface area contributed by atoms with Crippen molar-refractivity contribution in [3.63, 3.8) is 0 Å². The molecular formula is C22H17K2NO5. The summed E-state index contributed by atoms with van der Waals surface area (Å²) in [5.74, 6) is -2.59. The van der Waals surface area contributed by atoms with Gasteiger partial charge in [0.15, 0.2) is 5.78 Å². The first-order valence-corrected chi connectivity index (χ1v) is 8.60. The van der Waals surface area contributed by atoms with Crippen LogP contribution in [0.15, 0.2) is 59.7 Å². The molecule has 0 unspecified atom stereocenters. The molecule has 6 nitrogen and oxygen atoms in total. The molecule has 30 heavy (non-hydrogen) atoms. The summed E-state index contributed by atoms with van der Waals surface area (Å²) >= 11 is 0. The molecule has 0 aromatic heterocycles. The van der Waals surface area contributed by atoms with Crippen LogP contribution in [0.5, 0.6) is 0 Å². The van der Waals surface area contributed by atoms with Crippen LogP contribution in [0.4, 0.5) is 0 Å². The van der Waals surface area contributed by atoms with Crippen LogP contribution in [0.2, 0.25) is 0 Å². The van der Waals surface area contributed by atoms with E-state index in [2.05, 4.69) is 0 Å². The predicted octanol–water partition coefficient (Wildman–Crippen LogP) is -5.60. The first-order chi connectivity index (χ1) is 13.3. The number of carboxylic acid groups (broad SMARTS) is 2. The Bertz CT molecular complexity index is 916. The first-order valence-electron chi connectivity index (χ1n) is 8.60. The van der Waals surface area contributed by atoms with Gasteiger partial charge in [-0.3, -0.25) is 9.69 Å². The molecule has 142 valence electrons. The van der Waals surface area contributed by atoms with Crippen molar-refractivity contribution in [1.29, 1.82) is 0 Å². The molecule has 1 aliphatic heterocycles. The van der Waals surface area contributed by atoms with Gasteiger partial charge in [0, 0.05) is 24.2 Å². The van der Waals surface area contributed by atoms with Crippen LogP contribution in [-0.4, -0.2) is 42.8 Å². The molecule has 3 rings (SSSR count). The Hall–Kier alpha value is -0.237. The number of nitrogens with zero attached hydrogens (tertiary/aromatic N) is 1. The monoisotopic (exact) mass is 453 g/mol. The molecule has 0 aliphatic carbocycles. The number of Topliss-reactive ketones (excluding diaryl/α,β-unsaturated/α-hetero) is 1. The summed E-state index contributed by atoms with van der Waals surface area (Å²) in [5, 5.41) is 21.7. The average molecular weight is 454 g/mol. The predicted molar refractivity (Wildman–Crippen MR) is 100 cm³/mol. The van der Waals surface area contributed by atoms with Crippen LogP contribution in [-0.2, 0) is 4.79 Å². The zero-order valence-corrected chi connectivity index (χ0v) is 23.4. The van der Waals surface area contributed by atoms with E-state index in [0.717, 1.165) is 11.1 Å². The van der Waals surface area contributed by atoms with Gasteiger partial charge in [-0.15, -0.1) is 0 Å². The number of likely N-dealkylation sites (N-methyl/N-ethyl adjacent to an activating group) is 1. The average Bonchev–Trinajstić information content (AvgIpc) is 2.66. The van der Waals surface area contributed by atoms with E-state index in [0.29, 0.717) is 24.2 Å². The molecule has 0 N–H and O–H groups in total. The number of likely N-dealkylation sites (tertiary alicyclic amines) is 1. The fraction of sp³-hybridized carbons (Fsp3) is 0.136. The van der Waals surface area contributed by atoms with E-state index in [1.165, 1.54) is 24.3 Å². The minimum Gasteiger partial charge on any atom is -0.545 e. The van der Waals surface area contributed by atoms with Crippen LogP contribution in [0.3, 0.4) is 0 Å². The number of hydrogen-bond acceptors (Lipinski definition) is 6. The Morgan fingerprint density at radius 2 is 1.10 bits per heavy atom. The second-order valence-corrected chi connectivity index (χ2v) is 6.66. The Morgan fingerprint density at radius 1 is 0.767 bits per heavy atom. The number of carbonyl (C=O) groups excluding carboxylic acids is 3. The third-order valence-electron chi connectivity index (χ3n) is 4.44. The molecule has 2 aromatic rings. The van der Waals surface area contributed by atoms with Crippen molar-refractivity contribution in [3.8, 4) is 0 Å². The summed E-state index contributed by atoms with van der Waals surface area (Å²) in [4.78, 5) is 36.5. The standard InChI is InChI=1S/C22H19NO5.2K/c1-23-12-18(10-14-2-6-16(7-3-14)21(25)26)20(24)19(13-23)11-15-4-8-17(9-5-15)22(27)28;;/h2-11H,12-13H2,1H3,(H,25,26)(H,27,28);;/q;2*+1/p-2/b18-10+,19-11+;;. The van der Waals surface area contributed by atoms with E-state index in [1.54, 1.807) is 36.4 Å². The molecular weight excluding hydrogens is 436 g/mol. The summed E-state index contributed by atoms with van der Waals surface area (Å²) in [6, 6.07) is 12.3. The molecule has 0 bridgehead atoms. The maximum Gasteiger partial charge on any atom is 1.00 e. The quantitative estimate of drug-likeness (QED) is 0.338. The second kappa shape index (κ2) is 12.7. The Morgan fingerprint density at radius 3 is 1.40 bits per heavy atom. The number of ketones is 1. The van der Waals surface area contributed by atoms with Crippen molar-refractivity contribution in [2.45, 2.75) is 0 Å². The minimum absolute atomic E-state index is 0. The number of hydrogen-bond donors (Lipinski definition) is 0. The normalized spacial score (nSPS) is 16.6. The van der Waals surface area contributed by atoms with E-state index in [4.69, 9.17) is 0 Å². The smallest absolute Gasteiger partial charge is 0.545 e. The number of piperidine rings is 1. The summed E-state index contributed by atoms with van der Waals surface area (Å²) in [5.41, 5.74) is 2.78. The molecule has 1 saturated heterocycles. The van der Waals surface area contributed by atoms with Crippen LogP contribution in [0, 0.1) is 0 Å². The summed E-state index contributed by atoms with van der Waals surface area (Å²) in [6.45, 7) is 0.948. The molecule has 2 aromatic carbocycles. The van der Waals surface area contributed by atoms with Gasteiger partial charge < -0.3 is 19.8 Å². The topological polar surface area (TPSA) is 101 Å². The van der Waals surface area contributed by atoms with E-state index < -0.39 is 11.9 Å². The Balaban J connectivity index is 0.00000225. The van der Waals surface area contributed by atoms with Gasteiger partial charge in [-0.25, -0.2) is 0 Å². The fourth-order valence-electron chi connectivity index (χ4n) is 3.04. The maximum atomic E-state index is 12.9. The molecule has 1 aliphatic rings. The van der Waals surface area contributed by atoms with Crippen molar-refractivity contribution in [2.75, 3.05) is 20.1 Å². The number of rotatable bonds is 4. The first kappa shape index (κ1) is 27.8. The van der Waals surface area contributed by atoms with E-state index >= 15 is 0 Å². The number of aromatic carboxylic acids is 2. The zero-order valence-electron chi connectivity index (χ0n) is 17.2. The molecule has 0 saturated carbocycles. The largest absolute Gasteiger partial charge is 1.00 e. The third kappa shape index (κ3) is 7.42. The third-order valence-corrected chi connectivity index (χ3v) is 4.44. The molecule has 1 fully saturated rings. The molecule has 0 radical (unpaired) electrons. The van der Waals surface area contributed by atoms with Crippen LogP contribution in [0.25, 0.3) is 12.2 Å². The minimum atomic E-state index is -1.25. The Labute approximate surface area is 259 Å². The van der Waals surface area contributed by atoms with Gasteiger partial charge in [-0.2, -0.15) is 0 Å². The van der Waals surface area contributed by atoms with E-state index in [1.807, 2.05) is 11.9 Å². The molecule has 0 spiro atoms. The van der Waals surface area contributed by atoms with Gasteiger partial charge in [-0.1, -0.05) is 48.5 Å². The number of benzene rings is 2. The maximum absolute atomic E-state index is 12.9. The van der Waals surface area contributed by atoms with Crippen molar-refractivity contribution in [3.05, 3.63) is 81.9 Å². The van der Waals surface area contributed by atoms with Crippen molar-refractivity contribution in [2.24, 2.45) is 0 Å². The number of carboxylic acids is 2. The van der Waals surface area contributed by atoms with Gasteiger partial charge >= 0.3 is 103 Å². The summed E-state index contributed by atoms with van der Waals surface area (Å²) < 4.78 is 0. The van der Waals surface area contributed by atoms with Crippen LogP contribution < -0.4 is 113 Å². The fourth-order valence-corrected chi connectivity index (χ4v) is 3.04. The van der Waals surface area contributed by atoms with Crippen molar-refractivity contribution < 1.29 is 127 Å². The number of carbonyl (C=O) groups is 3. The second-order valence-electron chi connectivity index (χ2n) is 6.66. The van der Waals surface area contributed by atoms with Gasteiger partial charge in [0.25, 0.3) is 0 Å². The van der Waals surface area contributed by atoms with Gasteiger partial charge in [0.2, 0.25) is 0 Å². The Kier molecular flexibility index (Phi) is 11.8. The van der Waals surface area contributed by atoms with E-state index in [-0.39, 0.29) is 120 Å². The molecule has 0 atom stereocenters.